The molecular weight excluding hydrogens is 160 g/mol. The normalized spacial score (nSPS) is 15.5. The Balaban J connectivity index is 1.97. The maximum absolute atomic E-state index is 11.3. The molecule has 0 unspecified atom stereocenters. The van der Waals surface area contributed by atoms with E-state index in [-0.39, 0.29) is 0 Å². The Morgan fingerprint density at radius 3 is 2.62 bits per heavy atom. The van der Waals surface area contributed by atoms with Crippen molar-refractivity contribution in [2.45, 2.75) is 52.4 Å². The first-order valence-electron chi connectivity index (χ1n) is 5.33. The maximum Gasteiger partial charge on any atom is 0.133 e. The molecule has 0 bridgehead atoms. The molecule has 0 aromatic rings. The molecule has 1 fully saturated rings. The molecule has 1 rings (SSSR count). The third kappa shape index (κ3) is 5.62. The van der Waals surface area contributed by atoms with Gasteiger partial charge in [0.25, 0.3) is 0 Å². The van der Waals surface area contributed by atoms with Crippen molar-refractivity contribution in [2.24, 2.45) is 5.92 Å². The van der Waals surface area contributed by atoms with Crippen LogP contribution in [0.3, 0.4) is 0 Å². The molecule has 0 N–H and O–H groups in total. The Morgan fingerprint density at radius 2 is 2.08 bits per heavy atom. The third-order valence-electron chi connectivity index (χ3n) is 2.43. The zero-order valence-electron chi connectivity index (χ0n) is 8.81. The summed E-state index contributed by atoms with van der Waals surface area (Å²) < 4.78 is 0. The molecule has 0 heterocycles. The molecule has 0 spiro atoms. The van der Waals surface area contributed by atoms with Crippen molar-refractivity contribution >= 4 is 5.78 Å². The highest BCUT2D eigenvalue weighted by Gasteiger charge is 2.23. The first kappa shape index (κ1) is 10.5. The van der Waals surface area contributed by atoms with Gasteiger partial charge in [0.05, 0.1) is 0 Å². The summed E-state index contributed by atoms with van der Waals surface area (Å²) in [4.78, 5) is 11.3. The molecule has 0 aromatic heterocycles. The predicted molar refractivity (Wildman–Crippen MR) is 55.6 cm³/mol. The molecule has 0 atom stereocenters. The van der Waals surface area contributed by atoms with Crippen molar-refractivity contribution in [1.82, 2.24) is 0 Å². The van der Waals surface area contributed by atoms with E-state index in [0.717, 1.165) is 31.6 Å². The topological polar surface area (TPSA) is 17.1 Å². The second kappa shape index (κ2) is 5.21. The minimum absolute atomic E-state index is 0.477. The van der Waals surface area contributed by atoms with Crippen LogP contribution in [-0.4, -0.2) is 5.78 Å². The summed E-state index contributed by atoms with van der Waals surface area (Å²) >= 11 is 0. The monoisotopic (exact) mass is 180 g/mol. The summed E-state index contributed by atoms with van der Waals surface area (Å²) in [5.41, 5.74) is 1.36. The third-order valence-corrected chi connectivity index (χ3v) is 2.43. The Kier molecular flexibility index (Phi) is 4.20. The molecule has 1 saturated carbocycles. The van der Waals surface area contributed by atoms with Gasteiger partial charge in [-0.25, -0.2) is 0 Å². The van der Waals surface area contributed by atoms with Crippen molar-refractivity contribution in [3.05, 3.63) is 11.6 Å². The fourth-order valence-corrected chi connectivity index (χ4v) is 1.44. The Morgan fingerprint density at radius 1 is 1.38 bits per heavy atom. The van der Waals surface area contributed by atoms with Gasteiger partial charge in [0.2, 0.25) is 0 Å². The minimum atomic E-state index is 0.477. The van der Waals surface area contributed by atoms with Crippen LogP contribution in [0.15, 0.2) is 11.6 Å². The lowest BCUT2D eigenvalue weighted by Gasteiger charge is -1.97. The van der Waals surface area contributed by atoms with Crippen molar-refractivity contribution in [2.75, 3.05) is 0 Å². The van der Waals surface area contributed by atoms with Crippen molar-refractivity contribution < 1.29 is 4.79 Å². The van der Waals surface area contributed by atoms with E-state index >= 15 is 0 Å². The van der Waals surface area contributed by atoms with Crippen molar-refractivity contribution in [3.63, 3.8) is 0 Å². The summed E-state index contributed by atoms with van der Waals surface area (Å²) in [6, 6.07) is 0. The van der Waals surface area contributed by atoms with Gasteiger partial charge in [-0.2, -0.15) is 0 Å². The number of carbonyl (C=O) groups is 1. The van der Waals surface area contributed by atoms with Crippen LogP contribution < -0.4 is 0 Å². The van der Waals surface area contributed by atoms with E-state index in [4.69, 9.17) is 0 Å². The molecule has 0 amide bonds. The molecule has 0 radical (unpaired) electrons. The summed E-state index contributed by atoms with van der Waals surface area (Å²) in [6.07, 6.45) is 8.55. The SMILES string of the molecule is CC(C)=CCCCC(=O)CC1CC1. The van der Waals surface area contributed by atoms with Crippen LogP contribution in [0.25, 0.3) is 0 Å². The zero-order chi connectivity index (χ0) is 9.68. The molecule has 1 nitrogen and oxygen atoms in total. The van der Waals surface area contributed by atoms with Gasteiger partial charge in [0.15, 0.2) is 0 Å². The van der Waals surface area contributed by atoms with E-state index in [9.17, 15) is 4.79 Å². The quantitative estimate of drug-likeness (QED) is 0.451. The molecule has 1 aliphatic carbocycles. The largest absolute Gasteiger partial charge is 0.300 e. The number of hydrogen-bond donors (Lipinski definition) is 0. The van der Waals surface area contributed by atoms with Crippen LogP contribution in [0, 0.1) is 5.92 Å². The van der Waals surface area contributed by atoms with E-state index < -0.39 is 0 Å². The smallest absolute Gasteiger partial charge is 0.133 e. The lowest BCUT2D eigenvalue weighted by molar-refractivity contribution is -0.119. The van der Waals surface area contributed by atoms with E-state index in [1.54, 1.807) is 0 Å². The predicted octanol–water partition coefficient (Wildman–Crippen LogP) is 3.49. The van der Waals surface area contributed by atoms with Gasteiger partial charge in [0.1, 0.15) is 5.78 Å². The van der Waals surface area contributed by atoms with E-state index in [1.165, 1.54) is 18.4 Å². The molecule has 74 valence electrons. The molecule has 0 saturated heterocycles. The van der Waals surface area contributed by atoms with Crippen LogP contribution in [0.2, 0.25) is 0 Å². The van der Waals surface area contributed by atoms with Gasteiger partial charge in [-0.05, 0) is 45.4 Å². The van der Waals surface area contributed by atoms with Gasteiger partial charge < -0.3 is 0 Å². The van der Waals surface area contributed by atoms with Gasteiger partial charge >= 0.3 is 0 Å². The highest BCUT2D eigenvalue weighted by atomic mass is 16.1. The lowest BCUT2D eigenvalue weighted by Crippen LogP contribution is -1.98. The van der Waals surface area contributed by atoms with Crippen LogP contribution in [0.4, 0.5) is 0 Å². The van der Waals surface area contributed by atoms with Crippen LogP contribution in [-0.2, 0) is 4.79 Å². The number of hydrogen-bond acceptors (Lipinski definition) is 1. The van der Waals surface area contributed by atoms with Crippen LogP contribution >= 0.6 is 0 Å². The highest BCUT2D eigenvalue weighted by molar-refractivity contribution is 5.78. The standard InChI is InChI=1S/C12H20O/c1-10(2)5-3-4-6-12(13)9-11-7-8-11/h5,11H,3-4,6-9H2,1-2H3. The number of ketones is 1. The van der Waals surface area contributed by atoms with Crippen LogP contribution in [0.5, 0.6) is 0 Å². The maximum atomic E-state index is 11.3. The Labute approximate surface area is 81.2 Å². The molecule has 13 heavy (non-hydrogen) atoms. The zero-order valence-corrected chi connectivity index (χ0v) is 8.81. The average molecular weight is 180 g/mol. The summed E-state index contributed by atoms with van der Waals surface area (Å²) in [5, 5.41) is 0. The van der Waals surface area contributed by atoms with Gasteiger partial charge in [-0.3, -0.25) is 4.79 Å². The van der Waals surface area contributed by atoms with Crippen LogP contribution in [0.1, 0.15) is 52.4 Å². The number of unbranched alkanes of at least 4 members (excludes halogenated alkanes) is 1. The number of rotatable bonds is 6. The van der Waals surface area contributed by atoms with E-state index in [0.29, 0.717) is 5.78 Å². The van der Waals surface area contributed by atoms with E-state index in [2.05, 4.69) is 19.9 Å². The summed E-state index contributed by atoms with van der Waals surface area (Å²) in [5.74, 6) is 1.24. The second-order valence-electron chi connectivity index (χ2n) is 4.36. The fourth-order valence-electron chi connectivity index (χ4n) is 1.44. The first-order chi connectivity index (χ1) is 6.18. The van der Waals surface area contributed by atoms with Gasteiger partial charge in [-0.15, -0.1) is 0 Å². The van der Waals surface area contributed by atoms with Gasteiger partial charge in [-0.1, -0.05) is 11.6 Å². The lowest BCUT2D eigenvalue weighted by atomic mass is 10.1. The molecular formula is C12H20O. The second-order valence-corrected chi connectivity index (χ2v) is 4.36. The summed E-state index contributed by atoms with van der Waals surface area (Å²) in [7, 11) is 0. The van der Waals surface area contributed by atoms with Gasteiger partial charge in [0, 0.05) is 12.8 Å². The average Bonchev–Trinajstić information content (AvgIpc) is 2.81. The number of Topliss-reactive ketones (excluding diaryl/α,β-unsaturated/α-hetero) is 1. The fraction of sp³-hybridized carbons (Fsp3) is 0.750. The first-order valence-corrected chi connectivity index (χ1v) is 5.33. The number of allylic oxidation sites excluding steroid dienone is 2. The summed E-state index contributed by atoms with van der Waals surface area (Å²) in [6.45, 7) is 4.21. The Bertz CT molecular complexity index is 195. The molecule has 1 aliphatic rings. The molecule has 1 heteroatoms. The molecule has 0 aliphatic heterocycles. The van der Waals surface area contributed by atoms with Crippen molar-refractivity contribution in [1.29, 1.82) is 0 Å². The van der Waals surface area contributed by atoms with E-state index in [1.807, 2.05) is 0 Å². The molecule has 0 aromatic carbocycles. The number of carbonyl (C=O) groups excluding carboxylic acids is 1. The van der Waals surface area contributed by atoms with Crippen molar-refractivity contribution in [3.8, 4) is 0 Å². The Hall–Kier alpha value is -0.590. The minimum Gasteiger partial charge on any atom is -0.300 e. The highest BCUT2D eigenvalue weighted by Crippen LogP contribution is 2.32.